The van der Waals surface area contributed by atoms with Gasteiger partial charge in [0.2, 0.25) is 0 Å². The van der Waals surface area contributed by atoms with E-state index in [9.17, 15) is 23.2 Å². The zero-order valence-corrected chi connectivity index (χ0v) is 16.7. The molecule has 0 radical (unpaired) electrons. The Balaban J connectivity index is 1.91. The van der Waals surface area contributed by atoms with Crippen LogP contribution in [-0.2, 0) is 17.6 Å². The maximum Gasteiger partial charge on any atom is 0.417 e. The molecule has 0 aliphatic rings. The van der Waals surface area contributed by atoms with Crippen LogP contribution in [0.4, 0.5) is 13.2 Å². The third kappa shape index (κ3) is 5.77. The van der Waals surface area contributed by atoms with Gasteiger partial charge in [-0.1, -0.05) is 42.1 Å². The monoisotopic (exact) mass is 444 g/mol. The molecule has 0 aliphatic heterocycles. The number of carboxylic acids is 1. The minimum absolute atomic E-state index is 0.0196. The van der Waals surface area contributed by atoms with Crippen LogP contribution < -0.4 is 4.74 Å². The number of hydrogen-bond acceptors (Lipinski definition) is 5. The molecular weight excluding hydrogens is 429 g/mol. The molecule has 5 nitrogen and oxygen atoms in total. The van der Waals surface area contributed by atoms with Gasteiger partial charge in [0.15, 0.2) is 0 Å². The number of benzene rings is 2. The van der Waals surface area contributed by atoms with Gasteiger partial charge in [-0.3, -0.25) is 4.79 Å². The molecule has 0 saturated carbocycles. The second-order valence-corrected chi connectivity index (χ2v) is 7.29. The van der Waals surface area contributed by atoms with Crippen LogP contribution >= 0.6 is 11.8 Å². The number of carbonyl (C=O) groups is 1. The van der Waals surface area contributed by atoms with Gasteiger partial charge in [0, 0.05) is 5.56 Å². The highest BCUT2D eigenvalue weighted by atomic mass is 32.2. The Hall–Kier alpha value is -3.51. The predicted octanol–water partition coefficient (Wildman–Crippen LogP) is 5.39. The third-order valence-electron chi connectivity index (χ3n) is 4.13. The number of nitriles is 1. The van der Waals surface area contributed by atoms with E-state index in [4.69, 9.17) is 9.84 Å². The molecule has 1 heterocycles. The van der Waals surface area contributed by atoms with Gasteiger partial charge in [-0.05, 0) is 35.9 Å². The van der Waals surface area contributed by atoms with E-state index >= 15 is 0 Å². The lowest BCUT2D eigenvalue weighted by atomic mass is 10.1. The lowest BCUT2D eigenvalue weighted by Crippen LogP contribution is -2.11. The number of carboxylic acid groups (broad SMARTS) is 1. The standard InChI is InChI=1S/C22H15F3N2O3S/c23-22(24,25)18-10-19(27-21(17(18)11-26)31-13-20(28)29)15-6-8-16(9-7-15)30-12-14-4-2-1-3-5-14/h1-10H,12-13H2,(H,28,29). The molecule has 3 aromatic rings. The van der Waals surface area contributed by atoms with E-state index in [1.807, 2.05) is 30.3 Å². The van der Waals surface area contributed by atoms with Crippen molar-refractivity contribution in [3.8, 4) is 23.1 Å². The van der Waals surface area contributed by atoms with Crippen LogP contribution in [0.3, 0.4) is 0 Å². The van der Waals surface area contributed by atoms with E-state index in [0.29, 0.717) is 29.7 Å². The molecular formula is C22H15F3N2O3S. The van der Waals surface area contributed by atoms with E-state index in [0.717, 1.165) is 11.6 Å². The highest BCUT2D eigenvalue weighted by Crippen LogP contribution is 2.38. The fraction of sp³-hybridized carbons (Fsp3) is 0.136. The first kappa shape index (κ1) is 22.2. The van der Waals surface area contributed by atoms with E-state index in [1.165, 1.54) is 6.07 Å². The molecule has 0 saturated heterocycles. The zero-order chi connectivity index (χ0) is 22.4. The third-order valence-corrected chi connectivity index (χ3v) is 5.09. The summed E-state index contributed by atoms with van der Waals surface area (Å²) in [5.41, 5.74) is -0.522. The van der Waals surface area contributed by atoms with E-state index in [2.05, 4.69) is 4.98 Å². The number of alkyl halides is 3. The lowest BCUT2D eigenvalue weighted by molar-refractivity contribution is -0.138. The van der Waals surface area contributed by atoms with Gasteiger partial charge in [0.25, 0.3) is 0 Å². The van der Waals surface area contributed by atoms with Gasteiger partial charge >= 0.3 is 12.1 Å². The van der Waals surface area contributed by atoms with Gasteiger partial charge in [0.1, 0.15) is 23.5 Å². The summed E-state index contributed by atoms with van der Waals surface area (Å²) in [6, 6.07) is 18.1. The Morgan fingerprint density at radius 2 is 1.81 bits per heavy atom. The molecule has 1 N–H and O–H groups in total. The summed E-state index contributed by atoms with van der Waals surface area (Å²) in [6.07, 6.45) is -4.79. The minimum atomic E-state index is -4.79. The number of halogens is 3. The summed E-state index contributed by atoms with van der Waals surface area (Å²) < 4.78 is 46.2. The van der Waals surface area contributed by atoms with Crippen molar-refractivity contribution >= 4 is 17.7 Å². The van der Waals surface area contributed by atoms with Crippen molar-refractivity contribution in [1.29, 1.82) is 5.26 Å². The number of nitrogens with zero attached hydrogens (tertiary/aromatic N) is 2. The van der Waals surface area contributed by atoms with Crippen LogP contribution in [0.15, 0.2) is 65.7 Å². The Morgan fingerprint density at radius 1 is 1.13 bits per heavy atom. The van der Waals surface area contributed by atoms with Crippen molar-refractivity contribution in [1.82, 2.24) is 4.98 Å². The van der Waals surface area contributed by atoms with Crippen molar-refractivity contribution in [2.24, 2.45) is 0 Å². The maximum absolute atomic E-state index is 13.5. The fourth-order valence-electron chi connectivity index (χ4n) is 2.70. The average molecular weight is 444 g/mol. The number of aromatic nitrogens is 1. The topological polar surface area (TPSA) is 83.2 Å². The van der Waals surface area contributed by atoms with Crippen LogP contribution in [0.2, 0.25) is 0 Å². The normalized spacial score (nSPS) is 11.0. The summed E-state index contributed by atoms with van der Waals surface area (Å²) >= 11 is 0.570. The summed E-state index contributed by atoms with van der Waals surface area (Å²) in [4.78, 5) is 15.0. The zero-order valence-electron chi connectivity index (χ0n) is 15.9. The molecule has 3 rings (SSSR count). The SMILES string of the molecule is N#Cc1c(C(F)(F)F)cc(-c2ccc(OCc3ccccc3)cc2)nc1SCC(=O)O. The summed E-state index contributed by atoms with van der Waals surface area (Å²) in [5, 5.41) is 17.8. The molecule has 0 unspecified atom stereocenters. The molecule has 0 spiro atoms. The molecule has 0 amide bonds. The van der Waals surface area contributed by atoms with Gasteiger partial charge in [-0.15, -0.1) is 0 Å². The van der Waals surface area contributed by atoms with Crippen LogP contribution in [0.25, 0.3) is 11.3 Å². The van der Waals surface area contributed by atoms with Gasteiger partial charge in [-0.2, -0.15) is 18.4 Å². The Kier molecular flexibility index (Phi) is 6.82. The molecule has 9 heteroatoms. The predicted molar refractivity (Wildman–Crippen MR) is 109 cm³/mol. The summed E-state index contributed by atoms with van der Waals surface area (Å²) in [5.74, 6) is -1.22. The first-order chi connectivity index (χ1) is 14.8. The molecule has 0 aliphatic carbocycles. The molecule has 0 bridgehead atoms. The number of rotatable bonds is 7. The van der Waals surface area contributed by atoms with Gasteiger partial charge in [0.05, 0.1) is 22.6 Å². The molecule has 2 aromatic carbocycles. The van der Waals surface area contributed by atoms with Crippen LogP contribution in [0.5, 0.6) is 5.75 Å². The van der Waals surface area contributed by atoms with E-state index in [-0.39, 0.29) is 10.7 Å². The second-order valence-electron chi connectivity index (χ2n) is 6.33. The summed E-state index contributed by atoms with van der Waals surface area (Å²) in [6.45, 7) is 0.337. The number of ether oxygens (including phenoxy) is 1. The van der Waals surface area contributed by atoms with Crippen LogP contribution in [0, 0.1) is 11.3 Å². The average Bonchev–Trinajstić information content (AvgIpc) is 2.76. The van der Waals surface area contributed by atoms with E-state index < -0.39 is 29.0 Å². The Bertz CT molecular complexity index is 1110. The van der Waals surface area contributed by atoms with Crippen LogP contribution in [0.1, 0.15) is 16.7 Å². The molecule has 158 valence electrons. The Labute approximate surface area is 180 Å². The highest BCUT2D eigenvalue weighted by molar-refractivity contribution is 7.99. The smallest absolute Gasteiger partial charge is 0.417 e. The van der Waals surface area contributed by atoms with Gasteiger partial charge < -0.3 is 9.84 Å². The largest absolute Gasteiger partial charge is 0.489 e. The molecule has 1 aromatic heterocycles. The van der Waals surface area contributed by atoms with Crippen molar-refractivity contribution < 1.29 is 27.8 Å². The number of hydrogen-bond donors (Lipinski definition) is 1. The number of pyridine rings is 1. The molecule has 0 atom stereocenters. The van der Waals surface area contributed by atoms with Gasteiger partial charge in [-0.25, -0.2) is 4.98 Å². The maximum atomic E-state index is 13.5. The molecule has 31 heavy (non-hydrogen) atoms. The van der Waals surface area contributed by atoms with E-state index in [1.54, 1.807) is 24.3 Å². The van der Waals surface area contributed by atoms with Crippen LogP contribution in [-0.4, -0.2) is 21.8 Å². The van der Waals surface area contributed by atoms with Crippen molar-refractivity contribution in [2.75, 3.05) is 5.75 Å². The first-order valence-electron chi connectivity index (χ1n) is 8.92. The van der Waals surface area contributed by atoms with Crippen molar-refractivity contribution in [3.05, 3.63) is 77.4 Å². The lowest BCUT2D eigenvalue weighted by Gasteiger charge is -2.14. The first-order valence-corrected chi connectivity index (χ1v) is 9.90. The second kappa shape index (κ2) is 9.53. The molecule has 0 fully saturated rings. The quantitative estimate of drug-likeness (QED) is 0.492. The highest BCUT2D eigenvalue weighted by Gasteiger charge is 2.36. The van der Waals surface area contributed by atoms with Crippen molar-refractivity contribution in [3.63, 3.8) is 0 Å². The number of aliphatic carboxylic acids is 1. The minimum Gasteiger partial charge on any atom is -0.489 e. The summed E-state index contributed by atoms with van der Waals surface area (Å²) in [7, 11) is 0. The van der Waals surface area contributed by atoms with Crippen molar-refractivity contribution in [2.45, 2.75) is 17.8 Å². The Morgan fingerprint density at radius 3 is 2.39 bits per heavy atom. The fourth-order valence-corrected chi connectivity index (χ4v) is 3.42. The number of thioether (sulfide) groups is 1.